The highest BCUT2D eigenvalue weighted by atomic mass is 32.2. The van der Waals surface area contributed by atoms with E-state index in [0.717, 1.165) is 5.56 Å². The Labute approximate surface area is 124 Å². The second kappa shape index (κ2) is 7.61. The normalized spacial score (nSPS) is 10.7. The van der Waals surface area contributed by atoms with Gasteiger partial charge in [-0.2, -0.15) is 5.26 Å². The number of hydrogen-bond acceptors (Lipinski definition) is 4. The lowest BCUT2D eigenvalue weighted by Gasteiger charge is -2.12. The van der Waals surface area contributed by atoms with Gasteiger partial charge in [0.05, 0.1) is 17.4 Å². The van der Waals surface area contributed by atoms with Gasteiger partial charge in [-0.3, -0.25) is 0 Å². The fraction of sp³-hybridized carbons (Fsp3) is 0.385. The number of nitriles is 1. The minimum absolute atomic E-state index is 0.0991. The van der Waals surface area contributed by atoms with Crippen molar-refractivity contribution >= 4 is 16.1 Å². The van der Waals surface area contributed by atoms with E-state index in [1.807, 2.05) is 6.07 Å². The molecular weight excluding hydrogens is 292 g/mol. The molecular formula is C13H18N4O3S. The van der Waals surface area contributed by atoms with Crippen LogP contribution in [0.15, 0.2) is 29.2 Å². The quantitative estimate of drug-likeness (QED) is 0.738. The molecule has 21 heavy (non-hydrogen) atoms. The monoisotopic (exact) mass is 310 g/mol. The molecule has 1 aromatic rings. The van der Waals surface area contributed by atoms with Crippen molar-refractivity contribution in [1.82, 2.24) is 14.9 Å². The SMILES string of the molecule is CN(C)C(=O)NCCNS(=O)(=O)c1ccc(CC#N)cc1. The van der Waals surface area contributed by atoms with Gasteiger partial charge in [0.25, 0.3) is 0 Å². The number of sulfonamides is 1. The van der Waals surface area contributed by atoms with Crippen molar-refractivity contribution in [2.75, 3.05) is 27.2 Å². The standard InChI is InChI=1S/C13H18N4O3S/c1-17(2)13(18)15-9-10-16-21(19,20)12-5-3-11(4-6-12)7-8-14/h3-6,16H,7,9-10H2,1-2H3,(H,15,18). The maximum absolute atomic E-state index is 12.0. The molecule has 1 aromatic carbocycles. The molecule has 0 aromatic heterocycles. The number of nitrogens with one attached hydrogen (secondary N) is 2. The van der Waals surface area contributed by atoms with E-state index in [2.05, 4.69) is 10.0 Å². The Bertz CT molecular complexity index is 618. The van der Waals surface area contributed by atoms with E-state index < -0.39 is 10.0 Å². The Kier molecular flexibility index (Phi) is 6.14. The van der Waals surface area contributed by atoms with Crippen LogP contribution in [0.25, 0.3) is 0 Å². The van der Waals surface area contributed by atoms with Gasteiger partial charge in [0.2, 0.25) is 10.0 Å². The fourth-order valence-electron chi connectivity index (χ4n) is 1.47. The number of carbonyl (C=O) groups is 1. The molecule has 2 N–H and O–H groups in total. The van der Waals surface area contributed by atoms with Crippen LogP contribution < -0.4 is 10.0 Å². The Morgan fingerprint density at radius 3 is 2.38 bits per heavy atom. The number of carbonyl (C=O) groups excluding carboxylic acids is 1. The molecule has 0 spiro atoms. The molecule has 0 radical (unpaired) electrons. The second-order valence-corrected chi connectivity index (χ2v) is 6.27. The molecule has 0 fully saturated rings. The van der Waals surface area contributed by atoms with E-state index >= 15 is 0 Å². The van der Waals surface area contributed by atoms with Crippen LogP contribution in [0.5, 0.6) is 0 Å². The van der Waals surface area contributed by atoms with E-state index in [0.29, 0.717) is 0 Å². The highest BCUT2D eigenvalue weighted by molar-refractivity contribution is 7.89. The van der Waals surface area contributed by atoms with Gasteiger partial charge in [-0.25, -0.2) is 17.9 Å². The molecule has 0 saturated carbocycles. The van der Waals surface area contributed by atoms with Crippen molar-refractivity contribution in [2.45, 2.75) is 11.3 Å². The number of amides is 2. The van der Waals surface area contributed by atoms with Gasteiger partial charge in [-0.1, -0.05) is 12.1 Å². The molecule has 7 nitrogen and oxygen atoms in total. The predicted octanol–water partition coefficient (Wildman–Crippen LogP) is 0.302. The predicted molar refractivity (Wildman–Crippen MR) is 78.0 cm³/mol. The van der Waals surface area contributed by atoms with Crippen LogP contribution in [0, 0.1) is 11.3 Å². The van der Waals surface area contributed by atoms with Crippen molar-refractivity contribution in [1.29, 1.82) is 5.26 Å². The second-order valence-electron chi connectivity index (χ2n) is 4.50. The summed E-state index contributed by atoms with van der Waals surface area (Å²) in [6.07, 6.45) is 0.240. The van der Waals surface area contributed by atoms with E-state index in [1.165, 1.54) is 17.0 Å². The third kappa shape index (κ3) is 5.41. The maximum Gasteiger partial charge on any atom is 0.316 e. The molecule has 8 heteroatoms. The van der Waals surface area contributed by atoms with Crippen LogP contribution in [0.2, 0.25) is 0 Å². The molecule has 0 saturated heterocycles. The molecule has 0 aliphatic rings. The lowest BCUT2D eigenvalue weighted by atomic mass is 10.2. The van der Waals surface area contributed by atoms with Crippen LogP contribution in [0.4, 0.5) is 4.79 Å². The first kappa shape index (κ1) is 16.9. The molecule has 0 aliphatic heterocycles. The highest BCUT2D eigenvalue weighted by Crippen LogP contribution is 2.10. The van der Waals surface area contributed by atoms with Gasteiger partial charge >= 0.3 is 6.03 Å². The molecule has 0 atom stereocenters. The van der Waals surface area contributed by atoms with Crippen LogP contribution in [0.1, 0.15) is 5.56 Å². The average molecular weight is 310 g/mol. The summed E-state index contributed by atoms with van der Waals surface area (Å²) in [5.74, 6) is 0. The third-order valence-electron chi connectivity index (χ3n) is 2.62. The fourth-order valence-corrected chi connectivity index (χ4v) is 2.51. The summed E-state index contributed by atoms with van der Waals surface area (Å²) in [7, 11) is -0.409. The van der Waals surface area contributed by atoms with Gasteiger partial charge < -0.3 is 10.2 Å². The summed E-state index contributed by atoms with van der Waals surface area (Å²) in [4.78, 5) is 12.7. The van der Waals surface area contributed by atoms with Crippen molar-refractivity contribution in [3.05, 3.63) is 29.8 Å². The lowest BCUT2D eigenvalue weighted by molar-refractivity contribution is 0.217. The number of benzene rings is 1. The first-order chi connectivity index (χ1) is 9.86. The Hall–Kier alpha value is -2.11. The van der Waals surface area contributed by atoms with E-state index in [-0.39, 0.29) is 30.4 Å². The van der Waals surface area contributed by atoms with Crippen molar-refractivity contribution in [3.8, 4) is 6.07 Å². The zero-order chi connectivity index (χ0) is 15.9. The molecule has 0 aliphatic carbocycles. The van der Waals surface area contributed by atoms with Crippen molar-refractivity contribution < 1.29 is 13.2 Å². The topological polar surface area (TPSA) is 102 Å². The van der Waals surface area contributed by atoms with E-state index in [1.54, 1.807) is 26.2 Å². The van der Waals surface area contributed by atoms with Gasteiger partial charge in [-0.15, -0.1) is 0 Å². The van der Waals surface area contributed by atoms with Gasteiger partial charge in [0.1, 0.15) is 0 Å². The summed E-state index contributed by atoms with van der Waals surface area (Å²) in [6.45, 7) is 0.296. The molecule has 0 bridgehead atoms. The third-order valence-corrected chi connectivity index (χ3v) is 4.09. The summed E-state index contributed by atoms with van der Waals surface area (Å²) >= 11 is 0. The smallest absolute Gasteiger partial charge is 0.316 e. The van der Waals surface area contributed by atoms with Crippen LogP contribution >= 0.6 is 0 Å². The number of rotatable bonds is 6. The summed E-state index contributed by atoms with van der Waals surface area (Å²) in [5.41, 5.74) is 0.759. The number of nitrogens with zero attached hydrogens (tertiary/aromatic N) is 2. The Balaban J connectivity index is 2.54. The first-order valence-electron chi connectivity index (χ1n) is 6.27. The molecule has 2 amide bonds. The molecule has 1 rings (SSSR count). The van der Waals surface area contributed by atoms with Crippen molar-refractivity contribution in [2.24, 2.45) is 0 Å². The largest absolute Gasteiger partial charge is 0.337 e. The molecule has 0 heterocycles. The van der Waals surface area contributed by atoms with Gasteiger partial charge in [-0.05, 0) is 17.7 Å². The number of urea groups is 1. The van der Waals surface area contributed by atoms with Crippen LogP contribution in [-0.4, -0.2) is 46.5 Å². The number of hydrogen-bond donors (Lipinski definition) is 2. The van der Waals surface area contributed by atoms with Crippen LogP contribution in [0.3, 0.4) is 0 Å². The molecule has 0 unspecified atom stereocenters. The van der Waals surface area contributed by atoms with Crippen molar-refractivity contribution in [3.63, 3.8) is 0 Å². The van der Waals surface area contributed by atoms with Gasteiger partial charge in [0.15, 0.2) is 0 Å². The molecule has 114 valence electrons. The minimum atomic E-state index is -3.61. The first-order valence-corrected chi connectivity index (χ1v) is 7.76. The lowest BCUT2D eigenvalue weighted by Crippen LogP contribution is -2.39. The summed E-state index contributed by atoms with van der Waals surface area (Å²) in [5, 5.41) is 11.1. The summed E-state index contributed by atoms with van der Waals surface area (Å²) in [6, 6.07) is 7.82. The average Bonchev–Trinajstić information content (AvgIpc) is 2.44. The maximum atomic E-state index is 12.0. The van der Waals surface area contributed by atoms with E-state index in [4.69, 9.17) is 5.26 Å². The zero-order valence-corrected chi connectivity index (χ0v) is 12.8. The Morgan fingerprint density at radius 2 is 1.86 bits per heavy atom. The van der Waals surface area contributed by atoms with Gasteiger partial charge in [0, 0.05) is 27.2 Å². The minimum Gasteiger partial charge on any atom is -0.337 e. The Morgan fingerprint density at radius 1 is 1.24 bits per heavy atom. The summed E-state index contributed by atoms with van der Waals surface area (Å²) < 4.78 is 26.4. The zero-order valence-electron chi connectivity index (χ0n) is 12.0. The van der Waals surface area contributed by atoms with Crippen LogP contribution in [-0.2, 0) is 16.4 Å². The van der Waals surface area contributed by atoms with E-state index in [9.17, 15) is 13.2 Å². The highest BCUT2D eigenvalue weighted by Gasteiger charge is 2.13.